The monoisotopic (exact) mass is 217 g/mol. The molecule has 14 heavy (non-hydrogen) atoms. The zero-order valence-electron chi connectivity index (χ0n) is 9.15. The maximum absolute atomic E-state index is 8.73. The number of piperazine rings is 1. The number of aliphatic hydroxyl groups excluding tert-OH is 1. The second kappa shape index (κ2) is 6.52. The van der Waals surface area contributed by atoms with Crippen molar-refractivity contribution in [1.29, 1.82) is 0 Å². The van der Waals surface area contributed by atoms with E-state index in [0.717, 1.165) is 26.1 Å². The molecule has 1 rings (SSSR count). The van der Waals surface area contributed by atoms with E-state index in [1.807, 2.05) is 0 Å². The summed E-state index contributed by atoms with van der Waals surface area (Å²) in [5.41, 5.74) is 0. The van der Waals surface area contributed by atoms with Crippen molar-refractivity contribution in [3.05, 3.63) is 0 Å². The number of rotatable bonds is 5. The highest BCUT2D eigenvalue weighted by Crippen LogP contribution is 2.16. The van der Waals surface area contributed by atoms with Crippen LogP contribution in [0.1, 0.15) is 6.42 Å². The fraction of sp³-hybridized carbons (Fsp3) is 0.900. The minimum absolute atomic E-state index is 0.0312. The first kappa shape index (κ1) is 12.1. The summed E-state index contributed by atoms with van der Waals surface area (Å²) in [7, 11) is -0.0312. The first-order valence-electron chi connectivity index (χ1n) is 5.29. The Labute approximate surface area is 88.1 Å². The lowest BCUT2D eigenvalue weighted by Gasteiger charge is -2.32. The highest BCUT2D eigenvalue weighted by molar-refractivity contribution is 7.54. The molecule has 1 unspecified atom stereocenters. The highest BCUT2D eigenvalue weighted by atomic mass is 31.1. The largest absolute Gasteiger partial charge is 0.396 e. The SMILES string of the molecule is C=[P+](C)CN1CCN(CCCO)CC1. The molecule has 1 N–H and O–H groups in total. The molecule has 0 aromatic carbocycles. The third-order valence-corrected chi connectivity index (χ3v) is 3.42. The molecule has 0 aromatic heterocycles. The first-order valence-corrected chi connectivity index (χ1v) is 7.45. The standard InChI is InChI=1S/C10H22N2OP/c1-14(2)10-12-7-5-11(6-8-12)4-3-9-13/h13H,1,3-10H2,2H3/q+1. The van der Waals surface area contributed by atoms with Crippen LogP contribution in [0.2, 0.25) is 0 Å². The quantitative estimate of drug-likeness (QED) is 0.679. The molecule has 82 valence electrons. The van der Waals surface area contributed by atoms with Gasteiger partial charge in [-0.25, -0.2) is 0 Å². The Morgan fingerprint density at radius 2 is 1.79 bits per heavy atom. The summed E-state index contributed by atoms with van der Waals surface area (Å²) in [6.45, 7) is 8.26. The third-order valence-electron chi connectivity index (χ3n) is 2.54. The van der Waals surface area contributed by atoms with Gasteiger partial charge in [0.1, 0.15) is 0 Å². The van der Waals surface area contributed by atoms with Crippen LogP contribution < -0.4 is 0 Å². The lowest BCUT2D eigenvalue weighted by molar-refractivity contribution is 0.138. The molecule has 4 heteroatoms. The molecule has 0 radical (unpaired) electrons. The van der Waals surface area contributed by atoms with E-state index in [2.05, 4.69) is 22.8 Å². The molecule has 0 bridgehead atoms. The molecular formula is C10H22N2OP+. The zero-order valence-corrected chi connectivity index (χ0v) is 10.0. The van der Waals surface area contributed by atoms with E-state index in [1.165, 1.54) is 19.4 Å². The van der Waals surface area contributed by atoms with Crippen molar-refractivity contribution in [2.45, 2.75) is 6.42 Å². The van der Waals surface area contributed by atoms with Crippen molar-refractivity contribution < 1.29 is 5.11 Å². The Morgan fingerprint density at radius 3 is 2.29 bits per heavy atom. The van der Waals surface area contributed by atoms with Crippen LogP contribution in [-0.2, 0) is 0 Å². The van der Waals surface area contributed by atoms with E-state index in [-0.39, 0.29) is 7.55 Å². The van der Waals surface area contributed by atoms with Crippen molar-refractivity contribution in [2.24, 2.45) is 0 Å². The van der Waals surface area contributed by atoms with E-state index >= 15 is 0 Å². The van der Waals surface area contributed by atoms with E-state index in [1.54, 1.807) is 0 Å². The third kappa shape index (κ3) is 4.52. The molecule has 0 aliphatic carbocycles. The zero-order chi connectivity index (χ0) is 10.4. The van der Waals surface area contributed by atoms with E-state index in [4.69, 9.17) is 5.11 Å². The van der Waals surface area contributed by atoms with Gasteiger partial charge in [0.15, 0.2) is 6.29 Å². The predicted molar refractivity (Wildman–Crippen MR) is 64.5 cm³/mol. The molecule has 1 aliphatic rings. The fourth-order valence-electron chi connectivity index (χ4n) is 1.79. The van der Waals surface area contributed by atoms with Crippen molar-refractivity contribution in [2.75, 3.05) is 52.3 Å². The minimum atomic E-state index is -0.0312. The normalized spacial score (nSPS) is 21.1. The molecule has 1 heterocycles. The van der Waals surface area contributed by atoms with Crippen molar-refractivity contribution in [3.63, 3.8) is 0 Å². The molecule has 0 saturated carbocycles. The lowest BCUT2D eigenvalue weighted by Crippen LogP contribution is -2.46. The summed E-state index contributed by atoms with van der Waals surface area (Å²) in [6.07, 6.45) is 6.17. The van der Waals surface area contributed by atoms with Gasteiger partial charge in [-0.05, 0) is 6.42 Å². The van der Waals surface area contributed by atoms with Crippen molar-refractivity contribution in [3.8, 4) is 0 Å². The Morgan fingerprint density at radius 1 is 1.21 bits per heavy atom. The molecule has 0 amide bonds. The molecule has 0 aromatic rings. The van der Waals surface area contributed by atoms with E-state index < -0.39 is 0 Å². The second-order valence-corrected chi connectivity index (χ2v) is 6.03. The maximum atomic E-state index is 8.73. The van der Waals surface area contributed by atoms with Gasteiger partial charge in [-0.1, -0.05) is 0 Å². The Bertz CT molecular complexity index is 179. The summed E-state index contributed by atoms with van der Waals surface area (Å²) >= 11 is 0. The molecule has 1 fully saturated rings. The van der Waals surface area contributed by atoms with E-state index in [9.17, 15) is 0 Å². The number of aliphatic hydroxyl groups is 1. The molecule has 1 atom stereocenters. The minimum Gasteiger partial charge on any atom is -0.396 e. The van der Waals surface area contributed by atoms with Gasteiger partial charge in [-0.15, -0.1) is 0 Å². The van der Waals surface area contributed by atoms with Gasteiger partial charge in [-0.2, -0.15) is 0 Å². The molecule has 1 aliphatic heterocycles. The number of hydrogen-bond acceptors (Lipinski definition) is 3. The first-order chi connectivity index (χ1) is 6.72. The van der Waals surface area contributed by atoms with Gasteiger partial charge in [0, 0.05) is 39.3 Å². The van der Waals surface area contributed by atoms with Gasteiger partial charge < -0.3 is 10.0 Å². The van der Waals surface area contributed by atoms with Crippen LogP contribution in [0.15, 0.2) is 0 Å². The van der Waals surface area contributed by atoms with Crippen LogP contribution in [0.25, 0.3) is 0 Å². The predicted octanol–water partition coefficient (Wildman–Crippen LogP) is 0.488. The van der Waals surface area contributed by atoms with Gasteiger partial charge >= 0.3 is 0 Å². The van der Waals surface area contributed by atoms with Crippen molar-refractivity contribution >= 4 is 13.8 Å². The summed E-state index contributed by atoms with van der Waals surface area (Å²) < 4.78 is 0. The summed E-state index contributed by atoms with van der Waals surface area (Å²) in [5.74, 6) is 0. The van der Waals surface area contributed by atoms with E-state index in [0.29, 0.717) is 6.61 Å². The molecular weight excluding hydrogens is 195 g/mol. The van der Waals surface area contributed by atoms with Gasteiger partial charge in [-0.3, -0.25) is 4.90 Å². The van der Waals surface area contributed by atoms with Crippen LogP contribution in [0, 0.1) is 0 Å². The second-order valence-electron chi connectivity index (χ2n) is 4.03. The summed E-state index contributed by atoms with van der Waals surface area (Å²) in [6, 6.07) is 0. The summed E-state index contributed by atoms with van der Waals surface area (Å²) in [5, 5.41) is 8.73. The Kier molecular flexibility index (Phi) is 5.64. The highest BCUT2D eigenvalue weighted by Gasteiger charge is 2.18. The van der Waals surface area contributed by atoms with Gasteiger partial charge in [0.05, 0.1) is 20.5 Å². The number of nitrogens with zero attached hydrogens (tertiary/aromatic N) is 2. The fourth-order valence-corrected chi connectivity index (χ4v) is 2.76. The summed E-state index contributed by atoms with van der Waals surface area (Å²) in [4.78, 5) is 4.95. The average Bonchev–Trinajstić information content (AvgIpc) is 2.16. The van der Waals surface area contributed by atoms with Crippen LogP contribution in [0.3, 0.4) is 0 Å². The topological polar surface area (TPSA) is 26.7 Å². The van der Waals surface area contributed by atoms with Crippen LogP contribution >= 0.6 is 7.55 Å². The smallest absolute Gasteiger partial charge is 0.159 e. The lowest BCUT2D eigenvalue weighted by atomic mass is 10.3. The van der Waals surface area contributed by atoms with Crippen LogP contribution in [0.5, 0.6) is 0 Å². The average molecular weight is 217 g/mol. The molecule has 0 spiro atoms. The Hall–Kier alpha value is 0.0500. The van der Waals surface area contributed by atoms with Crippen molar-refractivity contribution in [1.82, 2.24) is 9.80 Å². The van der Waals surface area contributed by atoms with Gasteiger partial charge in [0.2, 0.25) is 0 Å². The maximum Gasteiger partial charge on any atom is 0.159 e. The molecule has 1 saturated heterocycles. The van der Waals surface area contributed by atoms with Gasteiger partial charge in [0.25, 0.3) is 0 Å². The Balaban J connectivity index is 2.14. The van der Waals surface area contributed by atoms with Crippen LogP contribution in [0.4, 0.5) is 0 Å². The number of hydrogen-bond donors (Lipinski definition) is 1. The van der Waals surface area contributed by atoms with Crippen LogP contribution in [-0.4, -0.2) is 73.5 Å². The molecule has 3 nitrogen and oxygen atoms in total.